The van der Waals surface area contributed by atoms with Crippen molar-refractivity contribution in [2.75, 3.05) is 13.1 Å². The lowest BCUT2D eigenvalue weighted by Gasteiger charge is -2.33. The van der Waals surface area contributed by atoms with E-state index >= 15 is 0 Å². The molecule has 1 aromatic carbocycles. The number of piperidine rings is 1. The Labute approximate surface area is 193 Å². The van der Waals surface area contributed by atoms with Crippen molar-refractivity contribution in [3.8, 4) is 11.4 Å². The third-order valence-corrected chi connectivity index (χ3v) is 7.48. The van der Waals surface area contributed by atoms with Crippen molar-refractivity contribution < 1.29 is 4.79 Å². The average molecular weight is 448 g/mol. The monoisotopic (exact) mass is 447 g/mol. The van der Waals surface area contributed by atoms with Crippen molar-refractivity contribution in [1.82, 2.24) is 24.6 Å². The van der Waals surface area contributed by atoms with Crippen molar-refractivity contribution in [3.63, 3.8) is 0 Å². The molecule has 0 spiro atoms. The first-order valence-electron chi connectivity index (χ1n) is 11.5. The normalized spacial score (nSPS) is 18.0. The molecular formula is C25H29N5OS. The molecule has 1 aliphatic carbocycles. The first kappa shape index (κ1) is 21.2. The zero-order valence-corrected chi connectivity index (χ0v) is 19.2. The number of carbonyl (C=O) groups is 1. The number of thioether (sulfide) groups is 1. The van der Waals surface area contributed by atoms with Gasteiger partial charge in [0.2, 0.25) is 5.91 Å². The van der Waals surface area contributed by atoms with Crippen LogP contribution in [0, 0.1) is 5.92 Å². The van der Waals surface area contributed by atoms with E-state index in [-0.39, 0.29) is 11.2 Å². The van der Waals surface area contributed by atoms with Gasteiger partial charge in [0.25, 0.3) is 0 Å². The molecule has 7 heteroatoms. The summed E-state index contributed by atoms with van der Waals surface area (Å²) in [5.41, 5.74) is 2.41. The number of aromatic nitrogens is 4. The fourth-order valence-electron chi connectivity index (χ4n) is 4.49. The maximum atomic E-state index is 13.2. The van der Waals surface area contributed by atoms with E-state index in [9.17, 15) is 4.79 Å². The summed E-state index contributed by atoms with van der Waals surface area (Å²) >= 11 is 1.54. The lowest BCUT2D eigenvalue weighted by atomic mass is 9.90. The maximum absolute atomic E-state index is 13.2. The van der Waals surface area contributed by atoms with Gasteiger partial charge >= 0.3 is 0 Å². The SMILES string of the molecule is CC(Sc1nnc(-c2ccncc2)n1C1CC1)C(=O)N1CCC(Cc2ccccc2)CC1. The highest BCUT2D eigenvalue weighted by Gasteiger charge is 2.33. The van der Waals surface area contributed by atoms with E-state index in [1.165, 1.54) is 5.56 Å². The van der Waals surface area contributed by atoms with Crippen LogP contribution in [0.2, 0.25) is 0 Å². The van der Waals surface area contributed by atoms with Crippen LogP contribution in [0.5, 0.6) is 0 Å². The minimum Gasteiger partial charge on any atom is -0.342 e. The minimum absolute atomic E-state index is 0.173. The zero-order valence-electron chi connectivity index (χ0n) is 18.4. The van der Waals surface area contributed by atoms with Crippen molar-refractivity contribution in [2.24, 2.45) is 5.92 Å². The third kappa shape index (κ3) is 4.72. The van der Waals surface area contributed by atoms with Crippen LogP contribution in [0.15, 0.2) is 60.0 Å². The molecule has 32 heavy (non-hydrogen) atoms. The molecule has 1 saturated carbocycles. The summed E-state index contributed by atoms with van der Waals surface area (Å²) in [5, 5.41) is 9.60. The molecule has 6 nitrogen and oxygen atoms in total. The molecule has 1 aliphatic heterocycles. The van der Waals surface area contributed by atoms with Gasteiger partial charge in [0.05, 0.1) is 5.25 Å². The van der Waals surface area contributed by atoms with E-state index < -0.39 is 0 Å². The molecule has 0 radical (unpaired) electrons. The van der Waals surface area contributed by atoms with Crippen LogP contribution in [0.1, 0.15) is 44.2 Å². The molecule has 3 aromatic rings. The van der Waals surface area contributed by atoms with Crippen molar-refractivity contribution >= 4 is 17.7 Å². The van der Waals surface area contributed by atoms with E-state index in [4.69, 9.17) is 0 Å². The summed E-state index contributed by atoms with van der Waals surface area (Å²) in [5.74, 6) is 1.74. The first-order chi connectivity index (χ1) is 15.7. The summed E-state index contributed by atoms with van der Waals surface area (Å²) < 4.78 is 2.22. The molecule has 1 saturated heterocycles. The van der Waals surface area contributed by atoms with Gasteiger partial charge in [-0.1, -0.05) is 42.1 Å². The topological polar surface area (TPSA) is 63.9 Å². The van der Waals surface area contributed by atoms with Crippen LogP contribution in [-0.4, -0.2) is 48.9 Å². The second-order valence-corrected chi connectivity index (χ2v) is 10.2. The Hall–Kier alpha value is -2.67. The second-order valence-electron chi connectivity index (χ2n) is 8.86. The van der Waals surface area contributed by atoms with E-state index in [1.54, 1.807) is 24.2 Å². The van der Waals surface area contributed by atoms with Gasteiger partial charge in [-0.25, -0.2) is 0 Å². The predicted molar refractivity (Wildman–Crippen MR) is 126 cm³/mol. The Morgan fingerprint density at radius 2 is 1.75 bits per heavy atom. The molecule has 1 unspecified atom stereocenters. The number of carbonyl (C=O) groups excluding carboxylic acids is 1. The summed E-state index contributed by atoms with van der Waals surface area (Å²) in [7, 11) is 0. The van der Waals surface area contributed by atoms with Gasteiger partial charge < -0.3 is 4.90 Å². The molecule has 166 valence electrons. The Balaban J connectivity index is 1.21. The molecule has 2 aromatic heterocycles. The fraction of sp³-hybridized carbons (Fsp3) is 0.440. The smallest absolute Gasteiger partial charge is 0.235 e. The summed E-state index contributed by atoms with van der Waals surface area (Å²) in [6.07, 6.45) is 9.09. The highest BCUT2D eigenvalue weighted by molar-refractivity contribution is 8.00. The van der Waals surface area contributed by atoms with Crippen LogP contribution in [0.3, 0.4) is 0 Å². The quantitative estimate of drug-likeness (QED) is 0.494. The Morgan fingerprint density at radius 1 is 1.03 bits per heavy atom. The minimum atomic E-state index is -0.173. The Kier molecular flexibility index (Phi) is 6.26. The van der Waals surface area contributed by atoms with Gasteiger partial charge in [0.1, 0.15) is 0 Å². The molecule has 5 rings (SSSR count). The Morgan fingerprint density at radius 3 is 2.44 bits per heavy atom. The lowest BCUT2D eigenvalue weighted by Crippen LogP contribution is -2.42. The molecule has 0 bridgehead atoms. The number of likely N-dealkylation sites (tertiary alicyclic amines) is 1. The molecule has 1 atom stereocenters. The van der Waals surface area contributed by atoms with Gasteiger partial charge in [-0.05, 0) is 62.6 Å². The van der Waals surface area contributed by atoms with E-state index in [0.29, 0.717) is 12.0 Å². The highest BCUT2D eigenvalue weighted by atomic mass is 32.2. The third-order valence-electron chi connectivity index (χ3n) is 6.44. The van der Waals surface area contributed by atoms with E-state index in [1.807, 2.05) is 24.0 Å². The molecule has 2 fully saturated rings. The predicted octanol–water partition coefficient (Wildman–Crippen LogP) is 4.64. The molecule has 2 aliphatic rings. The summed E-state index contributed by atoms with van der Waals surface area (Å²) in [6.45, 7) is 3.69. The van der Waals surface area contributed by atoms with Crippen LogP contribution in [0.25, 0.3) is 11.4 Å². The van der Waals surface area contributed by atoms with E-state index in [2.05, 4.69) is 50.1 Å². The molecule has 1 amide bonds. The van der Waals surface area contributed by atoms with Gasteiger partial charge in [-0.3, -0.25) is 14.3 Å². The number of benzene rings is 1. The van der Waals surface area contributed by atoms with Crippen LogP contribution >= 0.6 is 11.8 Å². The number of hydrogen-bond donors (Lipinski definition) is 0. The number of hydrogen-bond acceptors (Lipinski definition) is 5. The summed E-state index contributed by atoms with van der Waals surface area (Å²) in [6, 6.07) is 15.0. The first-order valence-corrected chi connectivity index (χ1v) is 12.4. The number of pyridine rings is 1. The average Bonchev–Trinajstić information content (AvgIpc) is 3.60. The van der Waals surface area contributed by atoms with Crippen LogP contribution in [-0.2, 0) is 11.2 Å². The van der Waals surface area contributed by atoms with E-state index in [0.717, 1.165) is 61.7 Å². The van der Waals surface area contributed by atoms with Crippen molar-refractivity contribution in [3.05, 3.63) is 60.4 Å². The van der Waals surface area contributed by atoms with Crippen LogP contribution < -0.4 is 0 Å². The van der Waals surface area contributed by atoms with Gasteiger partial charge in [0, 0.05) is 37.1 Å². The summed E-state index contributed by atoms with van der Waals surface area (Å²) in [4.78, 5) is 19.3. The standard InChI is InChI=1S/C25H29N5OS/c1-18(24(31)29-15-11-20(12-16-29)17-19-5-3-2-4-6-19)32-25-28-27-23(30(25)22-7-8-22)21-9-13-26-14-10-21/h2-6,9-10,13-14,18,20,22H,7-8,11-12,15-17H2,1H3. The highest BCUT2D eigenvalue weighted by Crippen LogP contribution is 2.41. The molecular weight excluding hydrogens is 418 g/mol. The zero-order chi connectivity index (χ0) is 21.9. The lowest BCUT2D eigenvalue weighted by molar-refractivity contribution is -0.131. The van der Waals surface area contributed by atoms with Crippen LogP contribution in [0.4, 0.5) is 0 Å². The van der Waals surface area contributed by atoms with Gasteiger partial charge in [-0.2, -0.15) is 0 Å². The Bertz CT molecular complexity index is 1040. The number of nitrogens with zero attached hydrogens (tertiary/aromatic N) is 5. The molecule has 3 heterocycles. The van der Waals surface area contributed by atoms with Crippen molar-refractivity contribution in [2.45, 2.75) is 55.5 Å². The second kappa shape index (κ2) is 9.45. The largest absolute Gasteiger partial charge is 0.342 e. The number of amides is 1. The fourth-order valence-corrected chi connectivity index (χ4v) is 5.49. The number of rotatable bonds is 7. The van der Waals surface area contributed by atoms with Gasteiger partial charge in [-0.15, -0.1) is 10.2 Å². The van der Waals surface area contributed by atoms with Crippen molar-refractivity contribution in [1.29, 1.82) is 0 Å². The maximum Gasteiger partial charge on any atom is 0.235 e. The van der Waals surface area contributed by atoms with Gasteiger partial charge in [0.15, 0.2) is 11.0 Å². The molecule has 0 N–H and O–H groups in total.